The van der Waals surface area contributed by atoms with E-state index in [0.717, 1.165) is 22.2 Å². The van der Waals surface area contributed by atoms with Crippen molar-refractivity contribution in [2.45, 2.75) is 19.8 Å². The van der Waals surface area contributed by atoms with E-state index in [1.807, 2.05) is 54.6 Å². The topological polar surface area (TPSA) is 85.6 Å². The van der Waals surface area contributed by atoms with Crippen LogP contribution in [0.1, 0.15) is 35.9 Å². The third-order valence-electron chi connectivity index (χ3n) is 4.23. The van der Waals surface area contributed by atoms with E-state index in [0.29, 0.717) is 11.7 Å². The summed E-state index contributed by atoms with van der Waals surface area (Å²) in [6.07, 6.45) is 0. The van der Waals surface area contributed by atoms with Gasteiger partial charge in [-0.15, -0.1) is 15.0 Å². The molecule has 0 saturated heterocycles. The number of fused-ring (bicyclic) bond motifs is 1. The number of benzene rings is 2. The summed E-state index contributed by atoms with van der Waals surface area (Å²) in [5, 5.41) is 15.9. The van der Waals surface area contributed by atoms with E-state index in [-0.39, 0.29) is 5.82 Å². The van der Waals surface area contributed by atoms with Crippen molar-refractivity contribution in [2.24, 2.45) is 0 Å². The predicted octanol–water partition coefficient (Wildman–Crippen LogP) is 3.59. The molecule has 27 heavy (non-hydrogen) atoms. The van der Waals surface area contributed by atoms with E-state index in [1.165, 1.54) is 4.80 Å². The van der Waals surface area contributed by atoms with E-state index in [9.17, 15) is 4.79 Å². The lowest BCUT2D eigenvalue weighted by Gasteiger charge is -2.10. The second-order valence-corrected chi connectivity index (χ2v) is 6.46. The lowest BCUT2D eigenvalue weighted by Crippen LogP contribution is -2.15. The Kier molecular flexibility index (Phi) is 4.33. The zero-order valence-corrected chi connectivity index (χ0v) is 15.0. The van der Waals surface area contributed by atoms with Crippen LogP contribution in [0.4, 0.5) is 5.82 Å². The Labute approximate surface area is 156 Å². The van der Waals surface area contributed by atoms with Crippen molar-refractivity contribution in [3.05, 3.63) is 72.1 Å². The fourth-order valence-electron chi connectivity index (χ4n) is 2.87. The number of pyridine rings is 1. The first kappa shape index (κ1) is 16.8. The maximum Gasteiger partial charge on any atom is 0.298 e. The van der Waals surface area contributed by atoms with Crippen LogP contribution in [-0.2, 0) is 0 Å². The molecule has 0 aliphatic heterocycles. The molecule has 2 heterocycles. The quantitative estimate of drug-likeness (QED) is 0.602. The van der Waals surface area contributed by atoms with Gasteiger partial charge in [-0.1, -0.05) is 50.2 Å². The van der Waals surface area contributed by atoms with Crippen molar-refractivity contribution >= 4 is 22.6 Å². The van der Waals surface area contributed by atoms with Gasteiger partial charge in [0, 0.05) is 5.39 Å². The summed E-state index contributed by atoms with van der Waals surface area (Å²) in [6, 6.07) is 19.2. The molecule has 1 amide bonds. The van der Waals surface area contributed by atoms with Gasteiger partial charge in [0.25, 0.3) is 11.7 Å². The number of rotatable bonds is 4. The van der Waals surface area contributed by atoms with Gasteiger partial charge < -0.3 is 5.32 Å². The summed E-state index contributed by atoms with van der Waals surface area (Å²) < 4.78 is 0. The van der Waals surface area contributed by atoms with Crippen molar-refractivity contribution < 1.29 is 4.79 Å². The normalized spacial score (nSPS) is 11.1. The standard InChI is InChI=1S/C20H18N6O/c1-13(2)15-8-4-6-10-17(15)26-24-19(23-25-26)20(27)22-18-12-11-14-7-3-5-9-16(14)21-18/h3-13H,1-2H3,(H,21,22,27). The summed E-state index contributed by atoms with van der Waals surface area (Å²) in [5.41, 5.74) is 2.69. The number of nitrogens with one attached hydrogen (secondary N) is 1. The van der Waals surface area contributed by atoms with Gasteiger partial charge in [-0.25, -0.2) is 4.98 Å². The molecule has 0 spiro atoms. The summed E-state index contributed by atoms with van der Waals surface area (Å²) >= 11 is 0. The SMILES string of the molecule is CC(C)c1ccccc1-n1nnc(C(=O)Nc2ccc3ccccc3n2)n1. The summed E-state index contributed by atoms with van der Waals surface area (Å²) in [4.78, 5) is 18.3. The van der Waals surface area contributed by atoms with Crippen LogP contribution < -0.4 is 5.32 Å². The van der Waals surface area contributed by atoms with Gasteiger partial charge in [0.2, 0.25) is 0 Å². The Balaban J connectivity index is 1.58. The fraction of sp³-hybridized carbons (Fsp3) is 0.150. The van der Waals surface area contributed by atoms with E-state index in [4.69, 9.17) is 0 Å². The molecule has 2 aromatic carbocycles. The maximum atomic E-state index is 12.5. The zero-order valence-electron chi connectivity index (χ0n) is 15.0. The first-order chi connectivity index (χ1) is 13.1. The molecule has 4 aromatic rings. The Bertz CT molecular complexity index is 1120. The molecular formula is C20H18N6O. The molecule has 0 bridgehead atoms. The minimum atomic E-state index is -0.453. The number of hydrogen-bond donors (Lipinski definition) is 1. The molecule has 0 atom stereocenters. The molecule has 0 fully saturated rings. The van der Waals surface area contributed by atoms with Crippen molar-refractivity contribution in [3.8, 4) is 5.69 Å². The van der Waals surface area contributed by atoms with Crippen molar-refractivity contribution in [1.82, 2.24) is 25.2 Å². The predicted molar refractivity (Wildman–Crippen MR) is 103 cm³/mol. The Morgan fingerprint density at radius 2 is 1.78 bits per heavy atom. The van der Waals surface area contributed by atoms with Gasteiger partial charge >= 0.3 is 0 Å². The number of carbonyl (C=O) groups excluding carboxylic acids is 1. The van der Waals surface area contributed by atoms with Gasteiger partial charge in [0.1, 0.15) is 5.82 Å². The lowest BCUT2D eigenvalue weighted by molar-refractivity contribution is 0.101. The number of anilines is 1. The Morgan fingerprint density at radius 1 is 1.00 bits per heavy atom. The molecular weight excluding hydrogens is 340 g/mol. The van der Waals surface area contributed by atoms with E-state index >= 15 is 0 Å². The second-order valence-electron chi connectivity index (χ2n) is 6.46. The summed E-state index contributed by atoms with van der Waals surface area (Å²) in [5.74, 6) is 0.276. The van der Waals surface area contributed by atoms with E-state index < -0.39 is 5.91 Å². The number of nitrogens with zero attached hydrogens (tertiary/aromatic N) is 5. The average molecular weight is 358 g/mol. The monoisotopic (exact) mass is 358 g/mol. The number of para-hydroxylation sites is 2. The number of hydrogen-bond acceptors (Lipinski definition) is 5. The first-order valence-electron chi connectivity index (χ1n) is 8.68. The fourth-order valence-corrected chi connectivity index (χ4v) is 2.87. The van der Waals surface area contributed by atoms with E-state index in [1.54, 1.807) is 6.07 Å². The minimum Gasteiger partial charge on any atom is -0.304 e. The van der Waals surface area contributed by atoms with Crippen LogP contribution in [0.5, 0.6) is 0 Å². The van der Waals surface area contributed by atoms with Crippen molar-refractivity contribution in [2.75, 3.05) is 5.32 Å². The smallest absolute Gasteiger partial charge is 0.298 e. The van der Waals surface area contributed by atoms with Crippen LogP contribution in [0, 0.1) is 0 Å². The maximum absolute atomic E-state index is 12.5. The Morgan fingerprint density at radius 3 is 2.63 bits per heavy atom. The average Bonchev–Trinajstić information content (AvgIpc) is 3.18. The third kappa shape index (κ3) is 3.39. The molecule has 134 valence electrons. The van der Waals surface area contributed by atoms with Crippen molar-refractivity contribution in [1.29, 1.82) is 0 Å². The molecule has 1 N–H and O–H groups in total. The molecule has 0 saturated carbocycles. The largest absolute Gasteiger partial charge is 0.304 e. The van der Waals surface area contributed by atoms with Crippen LogP contribution in [0.2, 0.25) is 0 Å². The molecule has 4 rings (SSSR count). The summed E-state index contributed by atoms with van der Waals surface area (Å²) in [6.45, 7) is 4.18. The van der Waals surface area contributed by atoms with Gasteiger partial charge in [0.15, 0.2) is 0 Å². The number of carbonyl (C=O) groups is 1. The van der Waals surface area contributed by atoms with Crippen molar-refractivity contribution in [3.63, 3.8) is 0 Å². The molecule has 2 aromatic heterocycles. The molecule has 0 unspecified atom stereocenters. The van der Waals surface area contributed by atoms with Gasteiger partial charge in [-0.05, 0) is 41.0 Å². The molecule has 0 aliphatic rings. The van der Waals surface area contributed by atoms with Crippen LogP contribution >= 0.6 is 0 Å². The highest BCUT2D eigenvalue weighted by molar-refractivity contribution is 6.01. The zero-order chi connectivity index (χ0) is 18.8. The second kappa shape index (κ2) is 6.95. The van der Waals surface area contributed by atoms with Gasteiger partial charge in [0.05, 0.1) is 11.2 Å². The van der Waals surface area contributed by atoms with Crippen LogP contribution in [0.3, 0.4) is 0 Å². The molecule has 0 radical (unpaired) electrons. The molecule has 7 nitrogen and oxygen atoms in total. The van der Waals surface area contributed by atoms with Crippen LogP contribution in [-0.4, -0.2) is 31.1 Å². The first-order valence-corrected chi connectivity index (χ1v) is 8.68. The van der Waals surface area contributed by atoms with Gasteiger partial charge in [-0.2, -0.15) is 0 Å². The number of tetrazole rings is 1. The third-order valence-corrected chi connectivity index (χ3v) is 4.23. The molecule has 7 heteroatoms. The number of aromatic nitrogens is 5. The summed E-state index contributed by atoms with van der Waals surface area (Å²) in [7, 11) is 0. The highest BCUT2D eigenvalue weighted by Gasteiger charge is 2.16. The Hall–Kier alpha value is -3.61. The van der Waals surface area contributed by atoms with E-state index in [2.05, 4.69) is 39.6 Å². The highest BCUT2D eigenvalue weighted by Crippen LogP contribution is 2.21. The molecule has 0 aliphatic carbocycles. The van der Waals surface area contributed by atoms with Crippen LogP contribution in [0.25, 0.3) is 16.6 Å². The van der Waals surface area contributed by atoms with Gasteiger partial charge in [-0.3, -0.25) is 4.79 Å². The highest BCUT2D eigenvalue weighted by atomic mass is 16.2. The minimum absolute atomic E-state index is 0.0106. The number of amides is 1. The van der Waals surface area contributed by atoms with Crippen LogP contribution in [0.15, 0.2) is 60.7 Å². The lowest BCUT2D eigenvalue weighted by atomic mass is 10.0.